The highest BCUT2D eigenvalue weighted by atomic mass is 16.4. The minimum atomic E-state index is -1.03. The largest absolute Gasteiger partial charge is 0.480 e. The van der Waals surface area contributed by atoms with Crippen LogP contribution < -0.4 is 5.32 Å². The lowest BCUT2D eigenvalue weighted by Crippen LogP contribution is -2.41. The van der Waals surface area contributed by atoms with Crippen molar-refractivity contribution in [3.05, 3.63) is 35.7 Å². The monoisotopic (exact) mass is 250 g/mol. The molecule has 0 bridgehead atoms. The van der Waals surface area contributed by atoms with Crippen LogP contribution in [0.25, 0.3) is 0 Å². The number of allylic oxidation sites excluding steroid dienone is 1. The number of aliphatic carboxylic acids is 1. The molecule has 0 aromatic carbocycles. The number of carbonyl (C=O) groups is 2. The smallest absolute Gasteiger partial charge is 0.326 e. The Bertz CT molecular complexity index is 475. The lowest BCUT2D eigenvalue weighted by Gasteiger charge is -2.13. The van der Waals surface area contributed by atoms with E-state index in [0.29, 0.717) is 5.69 Å². The Kier molecular flexibility index (Phi) is 4.71. The van der Waals surface area contributed by atoms with Gasteiger partial charge in [-0.15, -0.1) is 0 Å². The Morgan fingerprint density at radius 3 is 2.61 bits per heavy atom. The van der Waals surface area contributed by atoms with Gasteiger partial charge in [-0.05, 0) is 32.4 Å². The first-order chi connectivity index (χ1) is 8.47. The van der Waals surface area contributed by atoms with Crippen LogP contribution in [-0.4, -0.2) is 27.6 Å². The Balaban J connectivity index is 2.78. The molecular weight excluding hydrogens is 232 g/mol. The molecule has 0 fully saturated rings. The molecule has 1 heterocycles. The van der Waals surface area contributed by atoms with Gasteiger partial charge < -0.3 is 15.0 Å². The van der Waals surface area contributed by atoms with Crippen LogP contribution in [0.4, 0.5) is 0 Å². The quantitative estimate of drug-likeness (QED) is 0.778. The molecule has 1 rings (SSSR count). The van der Waals surface area contributed by atoms with E-state index in [9.17, 15) is 9.59 Å². The molecule has 0 radical (unpaired) electrons. The van der Waals surface area contributed by atoms with Gasteiger partial charge in [0.15, 0.2) is 0 Å². The topological polar surface area (TPSA) is 71.3 Å². The van der Waals surface area contributed by atoms with Crippen LogP contribution in [0.15, 0.2) is 24.3 Å². The third-order valence-electron chi connectivity index (χ3n) is 2.82. The first-order valence-electron chi connectivity index (χ1n) is 5.74. The molecule has 5 heteroatoms. The molecule has 0 saturated heterocycles. The van der Waals surface area contributed by atoms with Crippen LogP contribution in [0.1, 0.15) is 29.5 Å². The fraction of sp³-hybridized carbons (Fsp3) is 0.385. The summed E-state index contributed by atoms with van der Waals surface area (Å²) in [4.78, 5) is 22.9. The van der Waals surface area contributed by atoms with Gasteiger partial charge in [0.2, 0.25) is 0 Å². The number of nitrogens with one attached hydrogen (secondary N) is 1. The van der Waals surface area contributed by atoms with Gasteiger partial charge in [-0.25, -0.2) is 4.79 Å². The first kappa shape index (κ1) is 14.0. The maximum atomic E-state index is 11.9. The number of aryl methyl sites for hydroxylation is 1. The van der Waals surface area contributed by atoms with E-state index >= 15 is 0 Å². The molecule has 0 spiro atoms. The van der Waals surface area contributed by atoms with Crippen molar-refractivity contribution in [2.45, 2.75) is 26.3 Å². The zero-order valence-electron chi connectivity index (χ0n) is 10.8. The number of carbonyl (C=O) groups excluding carboxylic acids is 1. The Morgan fingerprint density at radius 2 is 2.17 bits per heavy atom. The molecule has 0 aliphatic heterocycles. The van der Waals surface area contributed by atoms with Crippen LogP contribution >= 0.6 is 0 Å². The summed E-state index contributed by atoms with van der Waals surface area (Å²) in [6, 6.07) is 2.60. The van der Waals surface area contributed by atoms with Gasteiger partial charge in [0, 0.05) is 12.7 Å². The van der Waals surface area contributed by atoms with Crippen LogP contribution in [-0.2, 0) is 11.8 Å². The molecule has 1 unspecified atom stereocenters. The van der Waals surface area contributed by atoms with Crippen LogP contribution in [0.2, 0.25) is 0 Å². The van der Waals surface area contributed by atoms with Crippen molar-refractivity contribution in [3.63, 3.8) is 0 Å². The van der Waals surface area contributed by atoms with Crippen molar-refractivity contribution in [1.82, 2.24) is 9.88 Å². The SMILES string of the molecule is C/C=C/CC(NC(=O)c1ccc(C)n1C)C(=O)O. The number of carboxylic acid groups (broad SMARTS) is 1. The number of hydrogen-bond donors (Lipinski definition) is 2. The number of hydrogen-bond acceptors (Lipinski definition) is 2. The average Bonchev–Trinajstić information content (AvgIpc) is 2.65. The summed E-state index contributed by atoms with van der Waals surface area (Å²) in [5.41, 5.74) is 1.40. The van der Waals surface area contributed by atoms with Crippen molar-refractivity contribution in [2.24, 2.45) is 7.05 Å². The fourth-order valence-electron chi connectivity index (χ4n) is 1.57. The summed E-state index contributed by atoms with van der Waals surface area (Å²) in [6.07, 6.45) is 3.76. The van der Waals surface area contributed by atoms with Crippen LogP contribution in [0.5, 0.6) is 0 Å². The highest BCUT2D eigenvalue weighted by molar-refractivity contribution is 5.95. The molecule has 1 aromatic heterocycles. The predicted molar refractivity (Wildman–Crippen MR) is 68.5 cm³/mol. The Hall–Kier alpha value is -2.04. The maximum absolute atomic E-state index is 11.9. The standard InChI is InChI=1S/C13H18N2O3/c1-4-5-6-10(13(17)18)14-12(16)11-8-7-9(2)15(11)3/h4-5,7-8,10H,6H2,1-3H3,(H,14,16)(H,17,18)/b5-4+. The average molecular weight is 250 g/mol. The lowest BCUT2D eigenvalue weighted by molar-refractivity contribution is -0.139. The molecule has 1 atom stereocenters. The van der Waals surface area contributed by atoms with E-state index < -0.39 is 12.0 Å². The maximum Gasteiger partial charge on any atom is 0.326 e. The second kappa shape index (κ2) is 6.05. The Labute approximate surface area is 106 Å². The fourth-order valence-corrected chi connectivity index (χ4v) is 1.57. The van der Waals surface area contributed by atoms with E-state index in [-0.39, 0.29) is 12.3 Å². The summed E-state index contributed by atoms with van der Waals surface area (Å²) in [5.74, 6) is -1.41. The number of nitrogens with zero attached hydrogens (tertiary/aromatic N) is 1. The minimum Gasteiger partial charge on any atom is -0.480 e. The van der Waals surface area contributed by atoms with Gasteiger partial charge in [-0.1, -0.05) is 12.2 Å². The summed E-state index contributed by atoms with van der Waals surface area (Å²) in [6.45, 7) is 3.69. The second-order valence-electron chi connectivity index (χ2n) is 4.09. The molecule has 98 valence electrons. The molecule has 1 aromatic rings. The van der Waals surface area contributed by atoms with Gasteiger partial charge >= 0.3 is 5.97 Å². The molecule has 1 amide bonds. The second-order valence-corrected chi connectivity index (χ2v) is 4.09. The van der Waals surface area contributed by atoms with Crippen molar-refractivity contribution in [2.75, 3.05) is 0 Å². The zero-order valence-corrected chi connectivity index (χ0v) is 10.8. The predicted octanol–water partition coefficient (Wildman–Crippen LogP) is 1.48. The lowest BCUT2D eigenvalue weighted by atomic mass is 10.2. The van der Waals surface area contributed by atoms with Crippen molar-refractivity contribution < 1.29 is 14.7 Å². The third-order valence-corrected chi connectivity index (χ3v) is 2.82. The van der Waals surface area contributed by atoms with E-state index in [1.54, 1.807) is 36.8 Å². The third kappa shape index (κ3) is 3.23. The van der Waals surface area contributed by atoms with E-state index in [1.165, 1.54) is 0 Å². The summed E-state index contributed by atoms with van der Waals surface area (Å²) in [5, 5.41) is 11.5. The van der Waals surface area contributed by atoms with Gasteiger partial charge in [0.05, 0.1) is 0 Å². The van der Waals surface area contributed by atoms with E-state index in [4.69, 9.17) is 5.11 Å². The van der Waals surface area contributed by atoms with Crippen molar-refractivity contribution in [1.29, 1.82) is 0 Å². The zero-order chi connectivity index (χ0) is 13.7. The Morgan fingerprint density at radius 1 is 1.50 bits per heavy atom. The van der Waals surface area contributed by atoms with Crippen molar-refractivity contribution in [3.8, 4) is 0 Å². The van der Waals surface area contributed by atoms with E-state index in [2.05, 4.69) is 5.32 Å². The molecule has 0 aliphatic rings. The van der Waals surface area contributed by atoms with Gasteiger partial charge in [-0.2, -0.15) is 0 Å². The molecule has 18 heavy (non-hydrogen) atoms. The van der Waals surface area contributed by atoms with E-state index in [1.807, 2.05) is 13.0 Å². The van der Waals surface area contributed by atoms with Crippen molar-refractivity contribution >= 4 is 11.9 Å². The normalized spacial score (nSPS) is 12.6. The molecule has 0 saturated carbocycles. The molecule has 5 nitrogen and oxygen atoms in total. The summed E-state index contributed by atoms with van der Waals surface area (Å²) >= 11 is 0. The van der Waals surface area contributed by atoms with Gasteiger partial charge in [0.1, 0.15) is 11.7 Å². The summed E-state index contributed by atoms with van der Waals surface area (Å²) in [7, 11) is 1.77. The molecular formula is C13H18N2O3. The number of aromatic nitrogens is 1. The van der Waals surface area contributed by atoms with E-state index in [0.717, 1.165) is 5.69 Å². The number of amides is 1. The molecule has 0 aliphatic carbocycles. The highest BCUT2D eigenvalue weighted by Crippen LogP contribution is 2.06. The number of carboxylic acids is 1. The van der Waals surface area contributed by atoms with Crippen LogP contribution in [0, 0.1) is 6.92 Å². The first-order valence-corrected chi connectivity index (χ1v) is 5.74. The van der Waals surface area contributed by atoms with Crippen LogP contribution in [0.3, 0.4) is 0 Å². The van der Waals surface area contributed by atoms with Gasteiger partial charge in [-0.3, -0.25) is 4.79 Å². The molecule has 2 N–H and O–H groups in total. The minimum absolute atomic E-state index is 0.279. The number of rotatable bonds is 5. The highest BCUT2D eigenvalue weighted by Gasteiger charge is 2.20. The van der Waals surface area contributed by atoms with Gasteiger partial charge in [0.25, 0.3) is 5.91 Å². The summed E-state index contributed by atoms with van der Waals surface area (Å²) < 4.78 is 1.73.